The molecule has 1 heterocycles. The Kier molecular flexibility index (Phi) is 5.94. The van der Waals surface area contributed by atoms with Crippen molar-refractivity contribution >= 4 is 23.9 Å². The number of thioether (sulfide) groups is 1. The third kappa shape index (κ3) is 4.44. The van der Waals surface area contributed by atoms with Crippen molar-refractivity contribution in [3.8, 4) is 0 Å². The molecule has 0 amide bonds. The second-order valence-corrected chi connectivity index (χ2v) is 7.48. The summed E-state index contributed by atoms with van der Waals surface area (Å²) in [4.78, 5) is 1.28. The van der Waals surface area contributed by atoms with E-state index in [-0.39, 0.29) is 0 Å². The molecular formula is C22H24N2OS. The molecule has 2 aromatic carbocycles. The Morgan fingerprint density at radius 3 is 2.65 bits per heavy atom. The number of rotatable bonds is 6. The number of aromatic nitrogens is 2. The molecule has 134 valence electrons. The van der Waals surface area contributed by atoms with Gasteiger partial charge in [0.05, 0.1) is 6.42 Å². The van der Waals surface area contributed by atoms with Gasteiger partial charge in [-0.2, -0.15) is 0 Å². The van der Waals surface area contributed by atoms with Crippen LogP contribution in [0.1, 0.15) is 53.8 Å². The van der Waals surface area contributed by atoms with Crippen LogP contribution in [0.25, 0.3) is 12.2 Å². The first-order valence-electron chi connectivity index (χ1n) is 8.79. The van der Waals surface area contributed by atoms with E-state index >= 15 is 0 Å². The minimum atomic E-state index is 0.473. The molecular weight excluding hydrogens is 340 g/mol. The highest BCUT2D eigenvalue weighted by Gasteiger charge is 2.08. The molecule has 0 aliphatic heterocycles. The van der Waals surface area contributed by atoms with Crippen molar-refractivity contribution in [2.24, 2.45) is 0 Å². The van der Waals surface area contributed by atoms with E-state index in [1.54, 1.807) is 11.8 Å². The van der Waals surface area contributed by atoms with E-state index in [2.05, 4.69) is 73.6 Å². The molecule has 4 heteroatoms. The van der Waals surface area contributed by atoms with E-state index in [0.717, 1.165) is 0 Å². The smallest absolute Gasteiger partial charge is 0.240 e. The Hall–Kier alpha value is -2.33. The third-order valence-corrected chi connectivity index (χ3v) is 5.21. The predicted octanol–water partition coefficient (Wildman–Crippen LogP) is 5.98. The average Bonchev–Trinajstić information content (AvgIpc) is 3.09. The quantitative estimate of drug-likeness (QED) is 0.504. The van der Waals surface area contributed by atoms with Gasteiger partial charge < -0.3 is 4.42 Å². The van der Waals surface area contributed by atoms with Crippen molar-refractivity contribution in [3.63, 3.8) is 0 Å². The number of benzene rings is 2. The summed E-state index contributed by atoms with van der Waals surface area (Å²) in [5, 5.41) is 8.34. The molecule has 26 heavy (non-hydrogen) atoms. The maximum absolute atomic E-state index is 5.80. The van der Waals surface area contributed by atoms with Crippen molar-refractivity contribution < 1.29 is 4.42 Å². The summed E-state index contributed by atoms with van der Waals surface area (Å²) in [5.74, 6) is 1.65. The van der Waals surface area contributed by atoms with Crippen molar-refractivity contribution in [1.29, 1.82) is 0 Å². The van der Waals surface area contributed by atoms with Crippen molar-refractivity contribution in [2.75, 3.05) is 6.26 Å². The van der Waals surface area contributed by atoms with E-state index in [1.165, 1.54) is 27.1 Å². The van der Waals surface area contributed by atoms with E-state index in [0.29, 0.717) is 24.1 Å². The van der Waals surface area contributed by atoms with Gasteiger partial charge in [-0.15, -0.1) is 22.0 Å². The molecule has 0 atom stereocenters. The highest BCUT2D eigenvalue weighted by molar-refractivity contribution is 7.98. The van der Waals surface area contributed by atoms with Gasteiger partial charge in [0.15, 0.2) is 0 Å². The van der Waals surface area contributed by atoms with E-state index < -0.39 is 0 Å². The molecule has 0 aliphatic carbocycles. The van der Waals surface area contributed by atoms with Crippen LogP contribution in [-0.2, 0) is 6.42 Å². The van der Waals surface area contributed by atoms with Gasteiger partial charge in [-0.3, -0.25) is 0 Å². The summed E-state index contributed by atoms with van der Waals surface area (Å²) in [5.41, 5.74) is 4.97. The molecule has 0 aliphatic rings. The molecule has 3 nitrogen and oxygen atoms in total. The van der Waals surface area contributed by atoms with Crippen molar-refractivity contribution in [1.82, 2.24) is 10.2 Å². The monoisotopic (exact) mass is 364 g/mol. The first-order valence-corrected chi connectivity index (χ1v) is 10.0. The van der Waals surface area contributed by atoms with Crippen LogP contribution in [0, 0.1) is 6.92 Å². The zero-order chi connectivity index (χ0) is 18.5. The molecule has 0 saturated carbocycles. The molecule has 0 N–H and O–H groups in total. The Morgan fingerprint density at radius 1 is 1.08 bits per heavy atom. The van der Waals surface area contributed by atoms with E-state index in [9.17, 15) is 0 Å². The third-order valence-electron chi connectivity index (χ3n) is 4.33. The molecule has 3 rings (SSSR count). The van der Waals surface area contributed by atoms with Crippen LogP contribution in [0.3, 0.4) is 0 Å². The zero-order valence-corrected chi connectivity index (χ0v) is 16.5. The first-order chi connectivity index (χ1) is 12.6. The fourth-order valence-electron chi connectivity index (χ4n) is 2.90. The lowest BCUT2D eigenvalue weighted by atomic mass is 9.97. The molecule has 0 saturated heterocycles. The average molecular weight is 365 g/mol. The summed E-state index contributed by atoms with van der Waals surface area (Å²) >= 11 is 1.76. The molecule has 0 fully saturated rings. The summed E-state index contributed by atoms with van der Waals surface area (Å²) in [6.07, 6.45) is 6.68. The Labute approximate surface area is 159 Å². The highest BCUT2D eigenvalue weighted by Crippen LogP contribution is 2.23. The number of hydrogen-bond donors (Lipinski definition) is 0. The maximum Gasteiger partial charge on any atom is 0.240 e. The molecule has 0 radical (unpaired) electrons. The fraction of sp³-hybridized carbons (Fsp3) is 0.273. The van der Waals surface area contributed by atoms with Gasteiger partial charge in [0.1, 0.15) is 0 Å². The minimum absolute atomic E-state index is 0.473. The van der Waals surface area contributed by atoms with Gasteiger partial charge in [0.2, 0.25) is 11.8 Å². The van der Waals surface area contributed by atoms with Crippen LogP contribution in [0.5, 0.6) is 0 Å². The lowest BCUT2D eigenvalue weighted by Crippen LogP contribution is -1.90. The van der Waals surface area contributed by atoms with Crippen molar-refractivity contribution in [3.05, 3.63) is 76.5 Å². The van der Waals surface area contributed by atoms with E-state index in [1.807, 2.05) is 18.2 Å². The Morgan fingerprint density at radius 2 is 1.88 bits per heavy atom. The summed E-state index contributed by atoms with van der Waals surface area (Å²) in [6.45, 7) is 6.52. The van der Waals surface area contributed by atoms with Gasteiger partial charge in [-0.1, -0.05) is 50.2 Å². The Bertz CT molecular complexity index is 912. The van der Waals surface area contributed by atoms with Crippen molar-refractivity contribution in [2.45, 2.75) is 38.0 Å². The van der Waals surface area contributed by atoms with E-state index in [4.69, 9.17) is 4.42 Å². The van der Waals surface area contributed by atoms with Gasteiger partial charge in [0.25, 0.3) is 0 Å². The number of nitrogens with zero attached hydrogens (tertiary/aromatic N) is 2. The predicted molar refractivity (Wildman–Crippen MR) is 110 cm³/mol. The molecule has 3 aromatic rings. The van der Waals surface area contributed by atoms with Crippen LogP contribution in [0.15, 0.2) is 51.8 Å². The standard InChI is InChI=1S/C22H24N2OS/c1-15(2)19-8-6-5-7-18(19)11-12-21-23-24-22(25-21)14-17-10-9-16(3)20(13-17)26-4/h5-13,15H,14H2,1-4H3/b12-11+. The van der Waals surface area contributed by atoms with Gasteiger partial charge in [-0.05, 0) is 53.5 Å². The molecule has 1 aromatic heterocycles. The van der Waals surface area contributed by atoms with Crippen LogP contribution >= 0.6 is 11.8 Å². The van der Waals surface area contributed by atoms with Crippen LogP contribution in [-0.4, -0.2) is 16.5 Å². The normalized spacial score (nSPS) is 11.6. The lowest BCUT2D eigenvalue weighted by Gasteiger charge is -2.08. The van der Waals surface area contributed by atoms with Gasteiger partial charge >= 0.3 is 0 Å². The maximum atomic E-state index is 5.80. The summed E-state index contributed by atoms with van der Waals surface area (Å²) < 4.78 is 5.80. The summed E-state index contributed by atoms with van der Waals surface area (Å²) in [6, 6.07) is 14.8. The summed E-state index contributed by atoms with van der Waals surface area (Å²) in [7, 11) is 0. The SMILES string of the molecule is CSc1cc(Cc2nnc(/C=C/c3ccccc3C(C)C)o2)ccc1C. The number of aryl methyl sites for hydroxylation is 1. The number of hydrogen-bond acceptors (Lipinski definition) is 4. The highest BCUT2D eigenvalue weighted by atomic mass is 32.2. The Balaban J connectivity index is 1.74. The van der Waals surface area contributed by atoms with Gasteiger partial charge in [0, 0.05) is 11.0 Å². The minimum Gasteiger partial charge on any atom is -0.421 e. The van der Waals surface area contributed by atoms with Crippen LogP contribution in [0.2, 0.25) is 0 Å². The molecule has 0 bridgehead atoms. The van der Waals surface area contributed by atoms with Crippen LogP contribution in [0.4, 0.5) is 0 Å². The second kappa shape index (κ2) is 8.37. The van der Waals surface area contributed by atoms with Crippen LogP contribution < -0.4 is 0 Å². The second-order valence-electron chi connectivity index (χ2n) is 6.63. The first kappa shape index (κ1) is 18.5. The lowest BCUT2D eigenvalue weighted by molar-refractivity contribution is 0.496. The zero-order valence-electron chi connectivity index (χ0n) is 15.7. The van der Waals surface area contributed by atoms with Gasteiger partial charge in [-0.25, -0.2) is 0 Å². The molecule has 0 unspecified atom stereocenters. The topological polar surface area (TPSA) is 38.9 Å². The fourth-order valence-corrected chi connectivity index (χ4v) is 3.56. The largest absolute Gasteiger partial charge is 0.421 e. The molecule has 0 spiro atoms.